The Hall–Kier alpha value is -2.08. The Morgan fingerprint density at radius 2 is 2.27 bits per heavy atom. The molecule has 0 spiro atoms. The van der Waals surface area contributed by atoms with E-state index in [-0.39, 0.29) is 23.9 Å². The molecule has 0 aliphatic carbocycles. The third-order valence-corrected chi connectivity index (χ3v) is 6.28. The Labute approximate surface area is 157 Å². The van der Waals surface area contributed by atoms with Gasteiger partial charge in [-0.15, -0.1) is 11.3 Å². The van der Waals surface area contributed by atoms with Crippen LogP contribution in [0.15, 0.2) is 29.6 Å². The van der Waals surface area contributed by atoms with Gasteiger partial charge in [0.2, 0.25) is 0 Å². The van der Waals surface area contributed by atoms with E-state index in [0.717, 1.165) is 37.8 Å². The zero-order valence-electron chi connectivity index (χ0n) is 14.8. The largest absolute Gasteiger partial charge is 0.493 e. The first-order chi connectivity index (χ1) is 12.7. The fraction of sp³-hybridized carbons (Fsp3) is 0.450. The fourth-order valence-electron chi connectivity index (χ4n) is 4.01. The number of amides is 2. The molecular weight excluding hydrogens is 351 g/mol. The quantitative estimate of drug-likeness (QED) is 0.819. The van der Waals surface area contributed by atoms with E-state index in [1.165, 1.54) is 22.6 Å². The molecule has 0 bridgehead atoms. The van der Waals surface area contributed by atoms with Crippen LogP contribution >= 0.6 is 11.3 Å². The summed E-state index contributed by atoms with van der Waals surface area (Å²) in [5.74, 6) is 0.362. The number of carbonyl (C=O) groups is 1. The molecule has 6 heteroatoms. The zero-order valence-corrected chi connectivity index (χ0v) is 15.7. The normalized spacial score (nSPS) is 22.0. The topological polar surface area (TPSA) is 41.6 Å². The average molecular weight is 374 g/mol. The summed E-state index contributed by atoms with van der Waals surface area (Å²) in [6, 6.07) is 6.49. The van der Waals surface area contributed by atoms with Crippen molar-refractivity contribution in [2.24, 2.45) is 0 Å². The molecule has 2 aliphatic heterocycles. The van der Waals surface area contributed by atoms with Gasteiger partial charge in [0.05, 0.1) is 18.7 Å². The SMILES string of the molecule is CCC1c2ccsc2CCN1C(=O)NC1CCCOc2ccc(F)cc21. The Kier molecular flexibility index (Phi) is 4.85. The van der Waals surface area contributed by atoms with E-state index in [9.17, 15) is 9.18 Å². The highest BCUT2D eigenvalue weighted by atomic mass is 32.1. The second kappa shape index (κ2) is 7.27. The summed E-state index contributed by atoms with van der Waals surface area (Å²) in [4.78, 5) is 16.4. The summed E-state index contributed by atoms with van der Waals surface area (Å²) in [5, 5.41) is 5.25. The van der Waals surface area contributed by atoms with Gasteiger partial charge < -0.3 is 15.0 Å². The maximum Gasteiger partial charge on any atom is 0.318 e. The van der Waals surface area contributed by atoms with Crippen LogP contribution in [0.3, 0.4) is 0 Å². The van der Waals surface area contributed by atoms with Crippen LogP contribution in [0, 0.1) is 5.82 Å². The van der Waals surface area contributed by atoms with Crippen LogP contribution in [0.2, 0.25) is 0 Å². The first-order valence-electron chi connectivity index (χ1n) is 9.23. The van der Waals surface area contributed by atoms with E-state index in [4.69, 9.17) is 4.74 Å². The van der Waals surface area contributed by atoms with Crippen LogP contribution in [0.25, 0.3) is 0 Å². The van der Waals surface area contributed by atoms with Gasteiger partial charge in [0, 0.05) is 17.0 Å². The predicted octanol–water partition coefficient (Wildman–Crippen LogP) is 4.82. The molecule has 0 saturated heterocycles. The second-order valence-electron chi connectivity index (χ2n) is 6.84. The van der Waals surface area contributed by atoms with E-state index in [0.29, 0.717) is 12.4 Å². The highest BCUT2D eigenvalue weighted by Crippen LogP contribution is 2.36. The molecule has 1 aromatic carbocycles. The summed E-state index contributed by atoms with van der Waals surface area (Å²) in [6.45, 7) is 3.42. The van der Waals surface area contributed by atoms with Crippen LogP contribution < -0.4 is 10.1 Å². The lowest BCUT2D eigenvalue weighted by Gasteiger charge is -2.36. The third-order valence-electron chi connectivity index (χ3n) is 5.28. The molecule has 2 unspecified atom stereocenters. The van der Waals surface area contributed by atoms with Gasteiger partial charge in [-0.1, -0.05) is 6.92 Å². The van der Waals surface area contributed by atoms with Crippen molar-refractivity contribution in [2.45, 2.75) is 44.7 Å². The summed E-state index contributed by atoms with van der Waals surface area (Å²) >= 11 is 1.77. The molecule has 0 saturated carbocycles. The smallest absolute Gasteiger partial charge is 0.318 e. The number of halogens is 1. The van der Waals surface area contributed by atoms with E-state index in [2.05, 4.69) is 23.7 Å². The van der Waals surface area contributed by atoms with E-state index < -0.39 is 0 Å². The Morgan fingerprint density at radius 1 is 1.38 bits per heavy atom. The number of nitrogens with zero attached hydrogens (tertiary/aromatic N) is 1. The fourth-order valence-corrected chi connectivity index (χ4v) is 4.94. The first kappa shape index (κ1) is 17.3. The van der Waals surface area contributed by atoms with Gasteiger partial charge in [-0.3, -0.25) is 0 Å². The maximum atomic E-state index is 13.8. The van der Waals surface area contributed by atoms with Crippen molar-refractivity contribution in [3.8, 4) is 5.75 Å². The van der Waals surface area contributed by atoms with Crippen LogP contribution in [0.5, 0.6) is 5.75 Å². The molecule has 4 rings (SSSR count). The molecule has 1 aromatic heterocycles. The monoisotopic (exact) mass is 374 g/mol. The molecule has 2 amide bonds. The van der Waals surface area contributed by atoms with Crippen molar-refractivity contribution in [3.05, 3.63) is 51.5 Å². The van der Waals surface area contributed by atoms with Gasteiger partial charge in [-0.25, -0.2) is 9.18 Å². The molecule has 2 atom stereocenters. The number of carbonyl (C=O) groups excluding carboxylic acids is 1. The number of nitrogens with one attached hydrogen (secondary N) is 1. The predicted molar refractivity (Wildman–Crippen MR) is 100 cm³/mol. The molecule has 0 fully saturated rings. The Bertz CT molecular complexity index is 807. The number of urea groups is 1. The van der Waals surface area contributed by atoms with Crippen molar-refractivity contribution in [1.82, 2.24) is 10.2 Å². The highest BCUT2D eigenvalue weighted by molar-refractivity contribution is 7.10. The molecule has 0 radical (unpaired) electrons. The number of ether oxygens (including phenoxy) is 1. The Balaban J connectivity index is 1.56. The van der Waals surface area contributed by atoms with E-state index >= 15 is 0 Å². The van der Waals surface area contributed by atoms with E-state index in [1.54, 1.807) is 17.4 Å². The maximum absolute atomic E-state index is 13.8. The van der Waals surface area contributed by atoms with Crippen molar-refractivity contribution in [3.63, 3.8) is 0 Å². The summed E-state index contributed by atoms with van der Waals surface area (Å²) in [6.07, 6.45) is 3.36. The van der Waals surface area contributed by atoms with Crippen molar-refractivity contribution in [2.75, 3.05) is 13.2 Å². The Morgan fingerprint density at radius 3 is 3.12 bits per heavy atom. The summed E-state index contributed by atoms with van der Waals surface area (Å²) in [5.41, 5.74) is 2.01. The number of rotatable bonds is 2. The van der Waals surface area contributed by atoms with Gasteiger partial charge in [-0.05, 0) is 60.9 Å². The standard InChI is InChI=1S/C20H23FN2O2S/c1-2-17-14-8-11-26-19(14)7-9-23(17)20(24)22-16-4-3-10-25-18-6-5-13(21)12-15(16)18/h5-6,8,11-12,16-17H,2-4,7,9-10H2,1H3,(H,22,24). The van der Waals surface area contributed by atoms with Crippen LogP contribution in [-0.2, 0) is 6.42 Å². The van der Waals surface area contributed by atoms with Gasteiger partial charge in [0.25, 0.3) is 0 Å². The number of hydrogen-bond donors (Lipinski definition) is 1. The molecular formula is C20H23FN2O2S. The minimum atomic E-state index is -0.305. The zero-order chi connectivity index (χ0) is 18.1. The van der Waals surface area contributed by atoms with Crippen molar-refractivity contribution < 1.29 is 13.9 Å². The molecule has 26 heavy (non-hydrogen) atoms. The molecule has 2 aliphatic rings. The first-order valence-corrected chi connectivity index (χ1v) is 10.1. The lowest BCUT2D eigenvalue weighted by molar-refractivity contribution is 0.163. The van der Waals surface area contributed by atoms with Crippen LogP contribution in [0.1, 0.15) is 54.3 Å². The minimum absolute atomic E-state index is 0.0733. The molecule has 138 valence electrons. The van der Waals surface area contributed by atoms with Gasteiger partial charge in [0.1, 0.15) is 11.6 Å². The second-order valence-corrected chi connectivity index (χ2v) is 7.84. The van der Waals surface area contributed by atoms with Gasteiger partial charge >= 0.3 is 6.03 Å². The average Bonchev–Trinajstić information content (AvgIpc) is 3.04. The van der Waals surface area contributed by atoms with Crippen LogP contribution in [0.4, 0.5) is 9.18 Å². The lowest BCUT2D eigenvalue weighted by atomic mass is 9.98. The number of fused-ring (bicyclic) bond motifs is 2. The third kappa shape index (κ3) is 3.18. The minimum Gasteiger partial charge on any atom is -0.493 e. The number of benzene rings is 1. The summed E-state index contributed by atoms with van der Waals surface area (Å²) in [7, 11) is 0. The van der Waals surface area contributed by atoms with Crippen molar-refractivity contribution >= 4 is 17.4 Å². The molecule has 4 nitrogen and oxygen atoms in total. The van der Waals surface area contributed by atoms with Gasteiger partial charge in [-0.2, -0.15) is 0 Å². The molecule has 3 heterocycles. The number of hydrogen-bond acceptors (Lipinski definition) is 3. The number of thiophene rings is 1. The van der Waals surface area contributed by atoms with Gasteiger partial charge in [0.15, 0.2) is 0 Å². The molecule has 2 aromatic rings. The summed E-state index contributed by atoms with van der Waals surface area (Å²) < 4.78 is 19.5. The van der Waals surface area contributed by atoms with Crippen LogP contribution in [-0.4, -0.2) is 24.1 Å². The molecule has 1 N–H and O–H groups in total. The lowest BCUT2D eigenvalue weighted by Crippen LogP contribution is -2.46. The highest BCUT2D eigenvalue weighted by Gasteiger charge is 2.32. The van der Waals surface area contributed by atoms with Crippen molar-refractivity contribution in [1.29, 1.82) is 0 Å². The van der Waals surface area contributed by atoms with E-state index in [1.807, 2.05) is 4.90 Å².